The smallest absolute Gasteiger partial charge is 0.140 e. The van der Waals surface area contributed by atoms with Gasteiger partial charge in [-0.05, 0) is 24.5 Å². The summed E-state index contributed by atoms with van der Waals surface area (Å²) >= 11 is 0. The summed E-state index contributed by atoms with van der Waals surface area (Å²) in [5, 5.41) is 0. The van der Waals surface area contributed by atoms with Gasteiger partial charge in [-0.15, -0.1) is 0 Å². The lowest BCUT2D eigenvalue weighted by Gasteiger charge is -2.05. The lowest BCUT2D eigenvalue weighted by molar-refractivity contribution is -0.118. The van der Waals surface area contributed by atoms with Crippen molar-refractivity contribution in [1.29, 1.82) is 0 Å². The molecular formula is C15H19N3O. The molecule has 4 heteroatoms. The van der Waals surface area contributed by atoms with Crippen LogP contribution >= 0.6 is 0 Å². The molecule has 100 valence electrons. The Kier molecular flexibility index (Phi) is 4.84. The molecule has 0 radical (unpaired) electrons. The van der Waals surface area contributed by atoms with Gasteiger partial charge < -0.3 is 4.57 Å². The van der Waals surface area contributed by atoms with E-state index in [2.05, 4.69) is 21.5 Å². The Morgan fingerprint density at radius 2 is 2.26 bits per heavy atom. The molecule has 0 aliphatic heterocycles. The Hall–Kier alpha value is -1.97. The number of pyridine rings is 1. The lowest BCUT2D eigenvalue weighted by atomic mass is 10.1. The fraction of sp³-hybridized carbons (Fsp3) is 0.400. The van der Waals surface area contributed by atoms with E-state index in [4.69, 9.17) is 0 Å². The van der Waals surface area contributed by atoms with Crippen LogP contribution in [-0.4, -0.2) is 20.3 Å². The minimum Gasteiger partial charge on any atom is -0.335 e. The van der Waals surface area contributed by atoms with Gasteiger partial charge in [0.25, 0.3) is 0 Å². The molecule has 4 nitrogen and oxygen atoms in total. The quantitative estimate of drug-likeness (QED) is 0.765. The highest BCUT2D eigenvalue weighted by Gasteiger charge is 2.09. The van der Waals surface area contributed by atoms with Crippen molar-refractivity contribution in [1.82, 2.24) is 14.5 Å². The highest BCUT2D eigenvalue weighted by Crippen LogP contribution is 2.06. The van der Waals surface area contributed by atoms with Gasteiger partial charge in [0.05, 0.1) is 6.42 Å². The molecule has 0 saturated carbocycles. The molecule has 0 amide bonds. The summed E-state index contributed by atoms with van der Waals surface area (Å²) in [5.74, 6) is 1.10. The summed E-state index contributed by atoms with van der Waals surface area (Å²) in [6, 6.07) is 3.89. The van der Waals surface area contributed by atoms with Gasteiger partial charge in [0, 0.05) is 37.8 Å². The second-order valence-corrected chi connectivity index (χ2v) is 4.61. The van der Waals surface area contributed by atoms with E-state index in [1.54, 1.807) is 12.4 Å². The molecule has 0 spiro atoms. The van der Waals surface area contributed by atoms with Crippen LogP contribution < -0.4 is 0 Å². The third-order valence-corrected chi connectivity index (χ3v) is 3.04. The molecule has 2 aromatic rings. The maximum Gasteiger partial charge on any atom is 0.140 e. The number of aromatic nitrogens is 3. The number of hydrogen-bond donors (Lipinski definition) is 0. The molecule has 0 atom stereocenters. The zero-order valence-corrected chi connectivity index (χ0v) is 11.2. The van der Waals surface area contributed by atoms with E-state index in [0.29, 0.717) is 12.8 Å². The van der Waals surface area contributed by atoms with Gasteiger partial charge in [0.2, 0.25) is 0 Å². The normalized spacial score (nSPS) is 10.6. The molecule has 0 aliphatic rings. The average Bonchev–Trinajstić information content (AvgIpc) is 2.85. The van der Waals surface area contributed by atoms with Crippen LogP contribution in [0.5, 0.6) is 0 Å². The molecular weight excluding hydrogens is 238 g/mol. The predicted molar refractivity (Wildman–Crippen MR) is 73.8 cm³/mol. The molecule has 0 fully saturated rings. The third-order valence-electron chi connectivity index (χ3n) is 3.04. The van der Waals surface area contributed by atoms with E-state index >= 15 is 0 Å². The summed E-state index contributed by atoms with van der Waals surface area (Å²) in [6.07, 6.45) is 10.0. The van der Waals surface area contributed by atoms with Crippen molar-refractivity contribution in [3.8, 4) is 0 Å². The van der Waals surface area contributed by atoms with Crippen LogP contribution in [0.25, 0.3) is 0 Å². The number of rotatable bonds is 7. The topological polar surface area (TPSA) is 47.8 Å². The van der Waals surface area contributed by atoms with E-state index in [0.717, 1.165) is 30.8 Å². The number of nitrogens with zero attached hydrogens (tertiary/aromatic N) is 3. The Morgan fingerprint density at radius 1 is 1.37 bits per heavy atom. The molecule has 2 heterocycles. The minimum atomic E-state index is 0.229. The second-order valence-electron chi connectivity index (χ2n) is 4.61. The van der Waals surface area contributed by atoms with Crippen molar-refractivity contribution in [2.75, 3.05) is 0 Å². The van der Waals surface area contributed by atoms with E-state index in [9.17, 15) is 4.79 Å². The summed E-state index contributed by atoms with van der Waals surface area (Å²) < 4.78 is 2.06. The number of Topliss-reactive ketones (excluding diaryl/α,β-unsaturated/α-hetero) is 1. The summed E-state index contributed by atoms with van der Waals surface area (Å²) in [7, 11) is 0. The first-order valence-electron chi connectivity index (χ1n) is 6.70. The Labute approximate surface area is 113 Å². The van der Waals surface area contributed by atoms with Gasteiger partial charge in [0.1, 0.15) is 11.6 Å². The van der Waals surface area contributed by atoms with E-state index in [1.165, 1.54) is 0 Å². The number of ketones is 1. The van der Waals surface area contributed by atoms with Crippen LogP contribution in [0.1, 0.15) is 31.2 Å². The van der Waals surface area contributed by atoms with Crippen molar-refractivity contribution in [3.05, 3.63) is 48.3 Å². The van der Waals surface area contributed by atoms with Crippen molar-refractivity contribution in [3.63, 3.8) is 0 Å². The number of aryl methyl sites for hydroxylation is 2. The van der Waals surface area contributed by atoms with Gasteiger partial charge in [-0.2, -0.15) is 0 Å². The molecule has 0 bridgehead atoms. The Morgan fingerprint density at radius 3 is 3.00 bits per heavy atom. The van der Waals surface area contributed by atoms with E-state index in [-0.39, 0.29) is 5.78 Å². The molecule has 2 rings (SSSR count). The standard InChI is InChI=1S/C15H19N3O/c1-2-9-18-10-8-17-15(18)11-14(19)6-5-13-4-3-7-16-12-13/h3-4,7-8,10,12H,2,5-6,9,11H2,1H3. The van der Waals surface area contributed by atoms with Crippen LogP contribution in [0.2, 0.25) is 0 Å². The first kappa shape index (κ1) is 13.5. The summed E-state index contributed by atoms with van der Waals surface area (Å²) in [6.45, 7) is 3.04. The molecule has 0 aromatic carbocycles. The maximum absolute atomic E-state index is 12.0. The molecule has 0 unspecified atom stereocenters. The van der Waals surface area contributed by atoms with Gasteiger partial charge in [0.15, 0.2) is 0 Å². The molecule has 2 aromatic heterocycles. The van der Waals surface area contributed by atoms with E-state index in [1.807, 2.05) is 24.5 Å². The van der Waals surface area contributed by atoms with Crippen LogP contribution in [0.15, 0.2) is 36.9 Å². The van der Waals surface area contributed by atoms with Crippen molar-refractivity contribution in [2.45, 2.75) is 39.2 Å². The lowest BCUT2D eigenvalue weighted by Crippen LogP contribution is -2.10. The SMILES string of the molecule is CCCn1ccnc1CC(=O)CCc1cccnc1. The van der Waals surface area contributed by atoms with Gasteiger partial charge in [-0.1, -0.05) is 13.0 Å². The van der Waals surface area contributed by atoms with Gasteiger partial charge in [-0.25, -0.2) is 4.98 Å². The Bertz CT molecular complexity index is 519. The highest BCUT2D eigenvalue weighted by molar-refractivity contribution is 5.80. The molecule has 0 aliphatic carbocycles. The van der Waals surface area contributed by atoms with E-state index < -0.39 is 0 Å². The van der Waals surface area contributed by atoms with Gasteiger partial charge in [-0.3, -0.25) is 9.78 Å². The third kappa shape index (κ3) is 4.02. The highest BCUT2D eigenvalue weighted by atomic mass is 16.1. The van der Waals surface area contributed by atoms with Gasteiger partial charge >= 0.3 is 0 Å². The number of carbonyl (C=O) groups is 1. The summed E-state index contributed by atoms with van der Waals surface area (Å²) in [5.41, 5.74) is 1.10. The van der Waals surface area contributed by atoms with Crippen molar-refractivity contribution in [2.24, 2.45) is 0 Å². The van der Waals surface area contributed by atoms with Crippen LogP contribution in [0.4, 0.5) is 0 Å². The fourth-order valence-electron chi connectivity index (χ4n) is 2.05. The van der Waals surface area contributed by atoms with Crippen LogP contribution in [0.3, 0.4) is 0 Å². The largest absolute Gasteiger partial charge is 0.335 e. The van der Waals surface area contributed by atoms with Crippen LogP contribution in [0, 0.1) is 0 Å². The second kappa shape index (κ2) is 6.83. The summed E-state index contributed by atoms with van der Waals surface area (Å²) in [4.78, 5) is 20.3. The monoisotopic (exact) mass is 257 g/mol. The van der Waals surface area contributed by atoms with Crippen LogP contribution in [-0.2, 0) is 24.2 Å². The maximum atomic E-state index is 12.0. The van der Waals surface area contributed by atoms with Crippen molar-refractivity contribution >= 4 is 5.78 Å². The predicted octanol–water partition coefficient (Wildman–Crippen LogP) is 2.43. The number of hydrogen-bond acceptors (Lipinski definition) is 3. The molecule has 0 N–H and O–H groups in total. The minimum absolute atomic E-state index is 0.229. The average molecular weight is 257 g/mol. The molecule has 0 saturated heterocycles. The zero-order chi connectivity index (χ0) is 13.5. The molecule has 19 heavy (non-hydrogen) atoms. The first-order chi connectivity index (χ1) is 9.29. The first-order valence-corrected chi connectivity index (χ1v) is 6.70. The fourth-order valence-corrected chi connectivity index (χ4v) is 2.05. The van der Waals surface area contributed by atoms with Crippen molar-refractivity contribution < 1.29 is 4.79 Å². The number of imidazole rings is 1. The number of carbonyl (C=O) groups excluding carboxylic acids is 1. The Balaban J connectivity index is 1.85. The zero-order valence-electron chi connectivity index (χ0n) is 11.2.